The van der Waals surface area contributed by atoms with Crippen molar-refractivity contribution < 1.29 is 13.2 Å². The lowest BCUT2D eigenvalue weighted by Gasteiger charge is -2.11. The smallest absolute Gasteiger partial charge is 0.232 e. The molecule has 0 atom stereocenters. The first-order valence-electron chi connectivity index (χ1n) is 9.55. The average Bonchev–Trinajstić information content (AvgIpc) is 2.93. The minimum absolute atomic E-state index is 0.0966. The zero-order valence-electron chi connectivity index (χ0n) is 16.5. The molecule has 1 heterocycles. The van der Waals surface area contributed by atoms with Gasteiger partial charge >= 0.3 is 0 Å². The molecule has 0 aliphatic rings. The molecule has 1 aromatic heterocycles. The first kappa shape index (κ1) is 20.1. The maximum atomic E-state index is 12.1. The molecule has 3 N–H and O–H groups in total. The molecule has 0 unspecified atom stereocenters. The molecular weight excluding hydrogens is 374 g/mol. The Bertz CT molecular complexity index is 1070. The van der Waals surface area contributed by atoms with Gasteiger partial charge in [-0.05, 0) is 62.7 Å². The topological polar surface area (TPSA) is 86.3 Å². The van der Waals surface area contributed by atoms with Crippen molar-refractivity contribution in [2.75, 3.05) is 22.8 Å². The van der Waals surface area contributed by atoms with Crippen molar-refractivity contribution >= 4 is 32.3 Å². The van der Waals surface area contributed by atoms with Crippen molar-refractivity contribution in [1.29, 1.82) is 0 Å². The molecule has 2 aromatic carbocycles. The van der Waals surface area contributed by atoms with Gasteiger partial charge in [0.15, 0.2) is 0 Å². The fourth-order valence-corrected chi connectivity index (χ4v) is 4.58. The SMILES string of the molecule is CCCS(=O)(=O)Nc1ccc2c(N)c(-c3ccc(OCC)cc3)n(CC)c2c1. The number of nitrogens with zero attached hydrogens (tertiary/aromatic N) is 1. The molecule has 0 bridgehead atoms. The van der Waals surface area contributed by atoms with Gasteiger partial charge in [0.25, 0.3) is 0 Å². The Kier molecular flexibility index (Phi) is 5.84. The molecule has 150 valence electrons. The van der Waals surface area contributed by atoms with E-state index >= 15 is 0 Å². The number of hydrogen-bond donors (Lipinski definition) is 2. The Morgan fingerprint density at radius 1 is 1.07 bits per heavy atom. The van der Waals surface area contributed by atoms with Crippen LogP contribution in [0.5, 0.6) is 5.75 Å². The van der Waals surface area contributed by atoms with E-state index in [1.165, 1.54) is 0 Å². The Balaban J connectivity index is 2.08. The predicted molar refractivity (Wildman–Crippen MR) is 116 cm³/mol. The van der Waals surface area contributed by atoms with E-state index in [0.717, 1.165) is 27.9 Å². The minimum atomic E-state index is -3.34. The third-order valence-electron chi connectivity index (χ3n) is 4.60. The third kappa shape index (κ3) is 3.94. The van der Waals surface area contributed by atoms with E-state index in [1.807, 2.05) is 57.2 Å². The number of rotatable bonds is 8. The molecule has 6 nitrogen and oxygen atoms in total. The van der Waals surface area contributed by atoms with Crippen molar-refractivity contribution in [3.63, 3.8) is 0 Å². The summed E-state index contributed by atoms with van der Waals surface area (Å²) in [6.07, 6.45) is 0.567. The quantitative estimate of drug-likeness (QED) is 0.583. The number of fused-ring (bicyclic) bond motifs is 1. The number of nitrogen functional groups attached to an aromatic ring is 1. The number of hydrogen-bond acceptors (Lipinski definition) is 4. The van der Waals surface area contributed by atoms with Crippen molar-refractivity contribution in [3.05, 3.63) is 42.5 Å². The molecule has 0 spiro atoms. The summed E-state index contributed by atoms with van der Waals surface area (Å²) in [6, 6.07) is 13.3. The molecule has 28 heavy (non-hydrogen) atoms. The van der Waals surface area contributed by atoms with Crippen molar-refractivity contribution in [2.24, 2.45) is 0 Å². The second-order valence-corrected chi connectivity index (χ2v) is 8.46. The number of nitrogens with two attached hydrogens (primary N) is 1. The van der Waals surface area contributed by atoms with Gasteiger partial charge in [0, 0.05) is 17.5 Å². The Hall–Kier alpha value is -2.67. The summed E-state index contributed by atoms with van der Waals surface area (Å²) in [5, 5.41) is 0.907. The summed E-state index contributed by atoms with van der Waals surface area (Å²) in [6.45, 7) is 7.17. The van der Waals surface area contributed by atoms with Gasteiger partial charge in [-0.15, -0.1) is 0 Å². The Labute approximate surface area is 166 Å². The van der Waals surface area contributed by atoms with Gasteiger partial charge in [0.2, 0.25) is 10.0 Å². The standard InChI is InChI=1S/C21H27N3O3S/c1-4-13-28(25,26)23-16-9-12-18-19(14-16)24(5-2)21(20(18)22)15-7-10-17(11-8-15)27-6-3/h7-12,14,23H,4-6,13,22H2,1-3H3. The molecule has 0 saturated carbocycles. The van der Waals surface area contributed by atoms with Gasteiger partial charge < -0.3 is 15.0 Å². The fraction of sp³-hybridized carbons (Fsp3) is 0.333. The van der Waals surface area contributed by atoms with Crippen LogP contribution in [0.15, 0.2) is 42.5 Å². The van der Waals surface area contributed by atoms with E-state index in [9.17, 15) is 8.42 Å². The number of aryl methyl sites for hydroxylation is 1. The molecule has 0 aliphatic carbocycles. The third-order valence-corrected chi connectivity index (χ3v) is 6.10. The summed E-state index contributed by atoms with van der Waals surface area (Å²) in [7, 11) is -3.34. The van der Waals surface area contributed by atoms with Gasteiger partial charge in [-0.3, -0.25) is 4.72 Å². The van der Waals surface area contributed by atoms with Crippen molar-refractivity contribution in [2.45, 2.75) is 33.7 Å². The van der Waals surface area contributed by atoms with E-state index < -0.39 is 10.0 Å². The van der Waals surface area contributed by atoms with Crippen LogP contribution in [0.4, 0.5) is 11.4 Å². The average molecular weight is 402 g/mol. The number of aromatic nitrogens is 1. The van der Waals surface area contributed by atoms with Crippen molar-refractivity contribution in [1.82, 2.24) is 4.57 Å². The van der Waals surface area contributed by atoms with Crippen LogP contribution in [0.1, 0.15) is 27.2 Å². The number of benzene rings is 2. The second-order valence-electron chi connectivity index (χ2n) is 6.62. The first-order valence-corrected chi connectivity index (χ1v) is 11.2. The molecule has 0 saturated heterocycles. The molecule has 0 aliphatic heterocycles. The number of anilines is 2. The van der Waals surface area contributed by atoms with Crippen LogP contribution < -0.4 is 15.2 Å². The summed E-state index contributed by atoms with van der Waals surface area (Å²) in [5.41, 5.74) is 10.5. The van der Waals surface area contributed by atoms with Crippen LogP contribution in [0.3, 0.4) is 0 Å². The summed E-state index contributed by atoms with van der Waals surface area (Å²) < 4.78 is 34.5. The maximum Gasteiger partial charge on any atom is 0.232 e. The zero-order valence-corrected chi connectivity index (χ0v) is 17.3. The largest absolute Gasteiger partial charge is 0.494 e. The normalized spacial score (nSPS) is 11.7. The highest BCUT2D eigenvalue weighted by atomic mass is 32.2. The molecule has 3 aromatic rings. The lowest BCUT2D eigenvalue weighted by Crippen LogP contribution is -2.16. The van der Waals surface area contributed by atoms with E-state index in [1.54, 1.807) is 6.07 Å². The van der Waals surface area contributed by atoms with E-state index in [2.05, 4.69) is 9.29 Å². The summed E-state index contributed by atoms with van der Waals surface area (Å²) in [4.78, 5) is 0. The molecule has 7 heteroatoms. The second kappa shape index (κ2) is 8.14. The predicted octanol–water partition coefficient (Wildman–Crippen LogP) is 4.46. The molecular formula is C21H27N3O3S. The number of ether oxygens (including phenoxy) is 1. The van der Waals surface area contributed by atoms with Crippen LogP contribution in [-0.2, 0) is 16.6 Å². The van der Waals surface area contributed by atoms with Crippen LogP contribution in [0.2, 0.25) is 0 Å². The van der Waals surface area contributed by atoms with Gasteiger partial charge in [0.1, 0.15) is 5.75 Å². The molecule has 0 amide bonds. The van der Waals surface area contributed by atoms with Crippen molar-refractivity contribution in [3.8, 4) is 17.0 Å². The van der Waals surface area contributed by atoms with Gasteiger partial charge in [-0.2, -0.15) is 0 Å². The van der Waals surface area contributed by atoms with Crippen LogP contribution in [0.25, 0.3) is 22.2 Å². The monoisotopic (exact) mass is 401 g/mol. The fourth-order valence-electron chi connectivity index (χ4n) is 3.45. The highest BCUT2D eigenvalue weighted by Crippen LogP contribution is 2.37. The zero-order chi connectivity index (χ0) is 20.3. The highest BCUT2D eigenvalue weighted by molar-refractivity contribution is 7.92. The number of sulfonamides is 1. The minimum Gasteiger partial charge on any atom is -0.494 e. The molecule has 0 radical (unpaired) electrons. The first-order chi connectivity index (χ1) is 13.4. The maximum absolute atomic E-state index is 12.1. The van der Waals surface area contributed by atoms with Gasteiger partial charge in [0.05, 0.1) is 34.9 Å². The van der Waals surface area contributed by atoms with Gasteiger partial charge in [-0.1, -0.05) is 6.92 Å². The summed E-state index contributed by atoms with van der Waals surface area (Å²) in [5.74, 6) is 0.913. The van der Waals surface area contributed by atoms with Gasteiger partial charge in [-0.25, -0.2) is 8.42 Å². The Morgan fingerprint density at radius 3 is 2.39 bits per heavy atom. The summed E-state index contributed by atoms with van der Waals surface area (Å²) >= 11 is 0. The van der Waals surface area contributed by atoms with Crippen LogP contribution >= 0.6 is 0 Å². The molecule has 3 rings (SSSR count). The van der Waals surface area contributed by atoms with E-state index in [0.29, 0.717) is 30.9 Å². The lowest BCUT2D eigenvalue weighted by molar-refractivity contribution is 0.340. The highest BCUT2D eigenvalue weighted by Gasteiger charge is 2.17. The Morgan fingerprint density at radius 2 is 1.79 bits per heavy atom. The van der Waals surface area contributed by atoms with Crippen LogP contribution in [0, 0.1) is 0 Å². The van der Waals surface area contributed by atoms with E-state index in [4.69, 9.17) is 10.5 Å². The van der Waals surface area contributed by atoms with Crippen LogP contribution in [-0.4, -0.2) is 25.3 Å². The van der Waals surface area contributed by atoms with E-state index in [-0.39, 0.29) is 5.75 Å². The molecule has 0 fully saturated rings. The lowest BCUT2D eigenvalue weighted by atomic mass is 10.1. The number of nitrogens with one attached hydrogen (secondary N) is 1.